The van der Waals surface area contributed by atoms with Crippen molar-refractivity contribution in [1.82, 2.24) is 34.7 Å². The van der Waals surface area contributed by atoms with Crippen LogP contribution in [0.2, 0.25) is 0 Å². The molecule has 0 amide bonds. The molecule has 0 aliphatic heterocycles. The van der Waals surface area contributed by atoms with Crippen molar-refractivity contribution in [3.63, 3.8) is 0 Å². The number of rotatable bonds is 8. The van der Waals surface area contributed by atoms with E-state index < -0.39 is 0 Å². The smallest absolute Gasteiger partial charge is 0.273 e. The van der Waals surface area contributed by atoms with Gasteiger partial charge in [0.2, 0.25) is 5.91 Å². The van der Waals surface area contributed by atoms with Crippen molar-refractivity contribution in [2.75, 3.05) is 7.11 Å². The Morgan fingerprint density at radius 2 is 1.92 bits per heavy atom. The number of ether oxygens (including phenoxy) is 1. The summed E-state index contributed by atoms with van der Waals surface area (Å²) in [5.74, 6) is 0.727. The number of H-pyrrole nitrogens is 3. The summed E-state index contributed by atoms with van der Waals surface area (Å²) in [7, 11) is 1.63. The molecule has 10 heteroatoms. The van der Waals surface area contributed by atoms with Crippen molar-refractivity contribution >= 4 is 5.91 Å². The van der Waals surface area contributed by atoms with Crippen molar-refractivity contribution in [3.05, 3.63) is 94.6 Å². The van der Waals surface area contributed by atoms with Gasteiger partial charge in [-0.25, -0.2) is 4.98 Å². The normalized spacial score (nSPS) is 11.1. The Balaban J connectivity index is 1.55. The van der Waals surface area contributed by atoms with Crippen LogP contribution in [-0.2, 0) is 12.8 Å². The monoisotopic (exact) mass is 483 g/mol. The minimum absolute atomic E-state index is 0.0294. The predicted molar refractivity (Wildman–Crippen MR) is 134 cm³/mol. The molecule has 5 aromatic rings. The number of carbonyl (C=O) groups excluding carboxylic acids is 1. The van der Waals surface area contributed by atoms with Crippen LogP contribution < -0.4 is 10.3 Å². The van der Waals surface area contributed by atoms with Gasteiger partial charge in [-0.05, 0) is 36.6 Å². The van der Waals surface area contributed by atoms with Crippen LogP contribution in [0.3, 0.4) is 0 Å². The van der Waals surface area contributed by atoms with E-state index in [1.165, 1.54) is 10.9 Å². The third-order valence-corrected chi connectivity index (χ3v) is 6.17. The lowest BCUT2D eigenvalue weighted by Crippen LogP contribution is -2.09. The molecule has 4 aromatic heterocycles. The quantitative estimate of drug-likeness (QED) is 0.309. The van der Waals surface area contributed by atoms with Gasteiger partial charge in [0.05, 0.1) is 24.1 Å². The number of aryl methyl sites for hydroxylation is 1. The van der Waals surface area contributed by atoms with Crippen LogP contribution in [0.4, 0.5) is 0 Å². The molecule has 5 rings (SSSR count). The van der Waals surface area contributed by atoms with Crippen LogP contribution in [0.5, 0.6) is 5.75 Å². The second-order valence-corrected chi connectivity index (χ2v) is 8.36. The molecule has 1 aromatic carbocycles. The Hall–Kier alpha value is -4.73. The number of hydrogen-bond donors (Lipinski definition) is 3. The first-order valence-corrected chi connectivity index (χ1v) is 11.5. The zero-order chi connectivity index (χ0) is 25.1. The van der Waals surface area contributed by atoms with Gasteiger partial charge in [-0.15, -0.1) is 0 Å². The molecule has 0 unspecified atom stereocenters. The highest BCUT2D eigenvalue weighted by Crippen LogP contribution is 2.34. The third-order valence-electron chi connectivity index (χ3n) is 6.17. The second kappa shape index (κ2) is 9.87. The van der Waals surface area contributed by atoms with Gasteiger partial charge in [-0.1, -0.05) is 12.1 Å². The van der Waals surface area contributed by atoms with Crippen LogP contribution in [0.25, 0.3) is 22.4 Å². The summed E-state index contributed by atoms with van der Waals surface area (Å²) in [6.45, 7) is 2.00. The minimum Gasteiger partial charge on any atom is -0.497 e. The van der Waals surface area contributed by atoms with Gasteiger partial charge in [0.25, 0.3) is 5.56 Å². The molecule has 0 radical (unpaired) electrons. The number of imidazole rings is 1. The Morgan fingerprint density at radius 3 is 2.61 bits per heavy atom. The van der Waals surface area contributed by atoms with E-state index in [4.69, 9.17) is 4.74 Å². The van der Waals surface area contributed by atoms with Crippen molar-refractivity contribution in [2.24, 2.45) is 0 Å². The summed E-state index contributed by atoms with van der Waals surface area (Å²) in [5.41, 5.74) is 6.30. The fourth-order valence-electron chi connectivity index (χ4n) is 4.42. The van der Waals surface area contributed by atoms with Crippen LogP contribution in [0.1, 0.15) is 33.9 Å². The van der Waals surface area contributed by atoms with E-state index >= 15 is 0 Å². The van der Waals surface area contributed by atoms with Crippen molar-refractivity contribution < 1.29 is 9.53 Å². The number of nitrogens with one attached hydrogen (secondary N) is 3. The highest BCUT2D eigenvalue weighted by atomic mass is 16.5. The Morgan fingerprint density at radius 1 is 1.11 bits per heavy atom. The first-order chi connectivity index (χ1) is 17.5. The molecule has 0 bridgehead atoms. The van der Waals surface area contributed by atoms with E-state index in [0.717, 1.165) is 33.8 Å². The number of aromatic nitrogens is 7. The molecule has 0 saturated carbocycles. The first kappa shape index (κ1) is 23.0. The first-order valence-electron chi connectivity index (χ1n) is 11.5. The number of benzene rings is 1. The van der Waals surface area contributed by atoms with Crippen molar-refractivity contribution in [3.8, 4) is 28.1 Å². The molecule has 0 atom stereocenters. The Bertz CT molecular complexity index is 1540. The average molecular weight is 484 g/mol. The maximum Gasteiger partial charge on any atom is 0.273 e. The molecular weight excluding hydrogens is 458 g/mol. The summed E-state index contributed by atoms with van der Waals surface area (Å²) >= 11 is 0. The topological polar surface area (TPSA) is 134 Å². The van der Waals surface area contributed by atoms with Crippen molar-refractivity contribution in [1.29, 1.82) is 0 Å². The van der Waals surface area contributed by atoms with Crippen LogP contribution in [0.15, 0.2) is 66.4 Å². The number of methoxy groups -OCH3 is 1. The predicted octanol–water partition coefficient (Wildman–Crippen LogP) is 3.53. The van der Waals surface area contributed by atoms with Gasteiger partial charge in [-0.3, -0.25) is 29.2 Å². The molecule has 0 saturated heterocycles. The lowest BCUT2D eigenvalue weighted by molar-refractivity contribution is 0.0903. The van der Waals surface area contributed by atoms with E-state index in [1.54, 1.807) is 38.1 Å². The lowest BCUT2D eigenvalue weighted by atomic mass is 9.95. The van der Waals surface area contributed by atoms with Crippen molar-refractivity contribution in [2.45, 2.75) is 26.2 Å². The Labute approximate surface area is 206 Å². The Kier molecular flexibility index (Phi) is 6.31. The standard InChI is InChI=1S/C26H25N7O3/c1-16-19(7-8-23(34)33-12-11-27-15-33)24(17-3-5-18(36-2)6-4-17)21(31-16)13-22-25(29-10-9-28-22)20-14-30-32-26(20)35/h3-6,9-12,14-15,31H,7-8,13H2,1-2H3,(H2,30,32,35). The van der Waals surface area contributed by atoms with Gasteiger partial charge in [0.15, 0.2) is 0 Å². The SMILES string of the molecule is COc1ccc(-c2c(Cc3nccnc3-c3c[nH][nH]c3=O)[nH]c(C)c2CCC(=O)n2ccnc2)cc1. The maximum absolute atomic E-state index is 12.7. The fraction of sp³-hybridized carbons (Fsp3) is 0.192. The molecular formula is C26H25N7O3. The molecule has 0 aliphatic rings. The highest BCUT2D eigenvalue weighted by Gasteiger charge is 2.21. The zero-order valence-electron chi connectivity index (χ0n) is 19.9. The molecule has 3 N–H and O–H groups in total. The largest absolute Gasteiger partial charge is 0.497 e. The van der Waals surface area contributed by atoms with Crippen LogP contribution in [0, 0.1) is 6.92 Å². The summed E-state index contributed by atoms with van der Waals surface area (Å²) in [6, 6.07) is 7.82. The van der Waals surface area contributed by atoms with Gasteiger partial charge in [0, 0.05) is 60.8 Å². The highest BCUT2D eigenvalue weighted by molar-refractivity contribution is 5.80. The maximum atomic E-state index is 12.7. The lowest BCUT2D eigenvalue weighted by Gasteiger charge is -2.11. The molecule has 0 spiro atoms. The fourth-order valence-corrected chi connectivity index (χ4v) is 4.42. The van der Waals surface area contributed by atoms with Gasteiger partial charge < -0.3 is 14.8 Å². The molecule has 0 aliphatic carbocycles. The molecule has 36 heavy (non-hydrogen) atoms. The minimum atomic E-state index is -0.256. The number of carbonyl (C=O) groups is 1. The molecule has 0 fully saturated rings. The van der Waals surface area contributed by atoms with Crippen LogP contribution >= 0.6 is 0 Å². The summed E-state index contributed by atoms with van der Waals surface area (Å²) in [6.07, 6.45) is 10.8. The van der Waals surface area contributed by atoms with Gasteiger partial charge in [-0.2, -0.15) is 0 Å². The second-order valence-electron chi connectivity index (χ2n) is 8.36. The van der Waals surface area contributed by atoms with E-state index in [-0.39, 0.29) is 11.5 Å². The number of hydrogen-bond acceptors (Lipinski definition) is 6. The molecule has 4 heterocycles. The van der Waals surface area contributed by atoms with Gasteiger partial charge in [0.1, 0.15) is 12.1 Å². The third kappa shape index (κ3) is 4.48. The van der Waals surface area contributed by atoms with E-state index in [0.29, 0.717) is 36.2 Å². The zero-order valence-corrected chi connectivity index (χ0v) is 19.9. The summed E-state index contributed by atoms with van der Waals surface area (Å²) in [5, 5.41) is 5.28. The van der Waals surface area contributed by atoms with E-state index in [1.807, 2.05) is 31.2 Å². The van der Waals surface area contributed by atoms with E-state index in [9.17, 15) is 9.59 Å². The summed E-state index contributed by atoms with van der Waals surface area (Å²) < 4.78 is 6.84. The average Bonchev–Trinajstić information content (AvgIpc) is 3.64. The van der Waals surface area contributed by atoms with Gasteiger partial charge >= 0.3 is 0 Å². The number of aromatic amines is 3. The van der Waals surface area contributed by atoms with E-state index in [2.05, 4.69) is 30.1 Å². The molecule has 182 valence electrons. The van der Waals surface area contributed by atoms with Crippen LogP contribution in [-0.4, -0.2) is 47.7 Å². The summed E-state index contributed by atoms with van der Waals surface area (Å²) in [4.78, 5) is 41.4. The molecule has 10 nitrogen and oxygen atoms in total. The number of nitrogens with zero attached hydrogens (tertiary/aromatic N) is 4.